The smallest absolute Gasteiger partial charge is 0.231 e. The van der Waals surface area contributed by atoms with Crippen molar-refractivity contribution in [3.63, 3.8) is 0 Å². The maximum Gasteiger partial charge on any atom is 0.231 e. The summed E-state index contributed by atoms with van der Waals surface area (Å²) in [5.41, 5.74) is 1.67. The number of oxime groups is 1. The van der Waals surface area contributed by atoms with Gasteiger partial charge in [0.1, 0.15) is 6.61 Å². The highest BCUT2D eigenvalue weighted by Gasteiger charge is 2.13. The molecule has 3 rings (SSSR count). The van der Waals surface area contributed by atoms with Crippen LogP contribution in [0.1, 0.15) is 11.1 Å². The molecule has 0 bridgehead atoms. The Hall–Kier alpha value is -2.60. The van der Waals surface area contributed by atoms with E-state index in [1.54, 1.807) is 25.5 Å². The molecule has 126 valence electrons. The van der Waals surface area contributed by atoms with Gasteiger partial charge in [0.2, 0.25) is 6.79 Å². The molecule has 0 aromatic heterocycles. The standard InChI is InChI=1S/C17H16ClNO5/c1-20-16-7-12(5-13(18)17(16)21-2)8-19-24-9-11-3-4-14-15(6-11)23-10-22-14/h3-8H,9-10H2,1-2H3/b19-8+. The van der Waals surface area contributed by atoms with Gasteiger partial charge in [-0.25, -0.2) is 0 Å². The molecule has 2 aromatic carbocycles. The van der Waals surface area contributed by atoms with Crippen LogP contribution in [0, 0.1) is 0 Å². The lowest BCUT2D eigenvalue weighted by Gasteiger charge is -2.09. The first-order valence-corrected chi connectivity index (χ1v) is 7.54. The summed E-state index contributed by atoms with van der Waals surface area (Å²) in [6.07, 6.45) is 1.56. The molecule has 1 heterocycles. The molecule has 0 aliphatic carbocycles. The molecule has 7 heteroatoms. The number of halogens is 1. The monoisotopic (exact) mass is 349 g/mol. The summed E-state index contributed by atoms with van der Waals surface area (Å²) in [4.78, 5) is 5.31. The normalized spacial score (nSPS) is 12.5. The maximum absolute atomic E-state index is 6.14. The molecule has 0 spiro atoms. The molecule has 0 unspecified atom stereocenters. The fourth-order valence-electron chi connectivity index (χ4n) is 2.25. The third-order valence-corrected chi connectivity index (χ3v) is 3.68. The molecule has 2 aromatic rings. The van der Waals surface area contributed by atoms with Crippen LogP contribution in [-0.4, -0.2) is 27.2 Å². The Morgan fingerprint density at radius 1 is 1.12 bits per heavy atom. The number of nitrogens with zero attached hydrogens (tertiary/aromatic N) is 1. The van der Waals surface area contributed by atoms with E-state index < -0.39 is 0 Å². The Morgan fingerprint density at radius 3 is 2.75 bits per heavy atom. The van der Waals surface area contributed by atoms with Crippen LogP contribution in [-0.2, 0) is 11.4 Å². The molecule has 1 aliphatic rings. The Labute approximate surface area is 144 Å². The van der Waals surface area contributed by atoms with Gasteiger partial charge in [-0.05, 0) is 29.8 Å². The Bertz CT molecular complexity index is 763. The minimum absolute atomic E-state index is 0.248. The highest BCUT2D eigenvalue weighted by molar-refractivity contribution is 6.32. The van der Waals surface area contributed by atoms with Crippen LogP contribution in [0.4, 0.5) is 0 Å². The van der Waals surface area contributed by atoms with E-state index in [-0.39, 0.29) is 6.79 Å². The second-order valence-corrected chi connectivity index (χ2v) is 5.34. The number of fused-ring (bicyclic) bond motifs is 1. The van der Waals surface area contributed by atoms with Crippen LogP contribution in [0.3, 0.4) is 0 Å². The number of methoxy groups -OCH3 is 2. The van der Waals surface area contributed by atoms with Crippen molar-refractivity contribution < 1.29 is 23.8 Å². The number of benzene rings is 2. The van der Waals surface area contributed by atoms with Crippen LogP contribution in [0.15, 0.2) is 35.5 Å². The van der Waals surface area contributed by atoms with Crippen molar-refractivity contribution in [3.05, 3.63) is 46.5 Å². The zero-order chi connectivity index (χ0) is 16.9. The highest BCUT2D eigenvalue weighted by Crippen LogP contribution is 2.35. The first-order chi connectivity index (χ1) is 11.7. The Morgan fingerprint density at radius 2 is 1.96 bits per heavy atom. The molecule has 0 saturated carbocycles. The van der Waals surface area contributed by atoms with Crippen molar-refractivity contribution >= 4 is 17.8 Å². The summed E-state index contributed by atoms with van der Waals surface area (Å²) in [6, 6.07) is 9.09. The van der Waals surface area contributed by atoms with Crippen LogP contribution in [0.5, 0.6) is 23.0 Å². The van der Waals surface area contributed by atoms with Gasteiger partial charge in [-0.3, -0.25) is 0 Å². The van der Waals surface area contributed by atoms with Crippen LogP contribution in [0.2, 0.25) is 5.02 Å². The fourth-order valence-corrected chi connectivity index (χ4v) is 2.55. The lowest BCUT2D eigenvalue weighted by molar-refractivity contribution is 0.132. The van der Waals surface area contributed by atoms with Crippen molar-refractivity contribution in [2.24, 2.45) is 5.16 Å². The predicted octanol–water partition coefficient (Wildman–Crippen LogP) is 3.64. The summed E-state index contributed by atoms with van der Waals surface area (Å²) >= 11 is 6.14. The maximum atomic E-state index is 6.14. The van der Waals surface area contributed by atoms with E-state index in [9.17, 15) is 0 Å². The van der Waals surface area contributed by atoms with E-state index in [2.05, 4.69) is 5.16 Å². The summed E-state index contributed by atoms with van der Waals surface area (Å²) in [5.74, 6) is 2.47. The summed E-state index contributed by atoms with van der Waals surface area (Å²) in [7, 11) is 3.08. The van der Waals surface area contributed by atoms with E-state index in [0.717, 1.165) is 16.9 Å². The van der Waals surface area contributed by atoms with E-state index in [4.69, 9.17) is 35.4 Å². The molecule has 6 nitrogen and oxygen atoms in total. The minimum Gasteiger partial charge on any atom is -0.493 e. The van der Waals surface area contributed by atoms with Crippen molar-refractivity contribution in [2.75, 3.05) is 21.0 Å². The Kier molecular flexibility index (Phi) is 4.96. The molecule has 0 amide bonds. The van der Waals surface area contributed by atoms with Crippen LogP contribution < -0.4 is 18.9 Å². The van der Waals surface area contributed by atoms with Gasteiger partial charge in [-0.15, -0.1) is 0 Å². The van der Waals surface area contributed by atoms with Crippen molar-refractivity contribution in [1.82, 2.24) is 0 Å². The second-order valence-electron chi connectivity index (χ2n) is 4.93. The second kappa shape index (κ2) is 7.31. The molecule has 0 saturated heterocycles. The quantitative estimate of drug-likeness (QED) is 0.588. The summed E-state index contributed by atoms with van der Waals surface area (Å²) < 4.78 is 21.0. The SMILES string of the molecule is COc1cc(/C=N/OCc2ccc3c(c2)OCO3)cc(Cl)c1OC. The van der Waals surface area contributed by atoms with Crippen molar-refractivity contribution in [3.8, 4) is 23.0 Å². The summed E-state index contributed by atoms with van der Waals surface area (Å²) in [5, 5.41) is 4.39. The van der Waals surface area contributed by atoms with E-state index >= 15 is 0 Å². The Balaban J connectivity index is 1.63. The van der Waals surface area contributed by atoms with Gasteiger partial charge in [0.25, 0.3) is 0 Å². The van der Waals surface area contributed by atoms with Gasteiger partial charge < -0.3 is 23.8 Å². The van der Waals surface area contributed by atoms with Gasteiger partial charge >= 0.3 is 0 Å². The zero-order valence-corrected chi connectivity index (χ0v) is 14.0. The topological polar surface area (TPSA) is 58.5 Å². The van der Waals surface area contributed by atoms with E-state index in [1.807, 2.05) is 18.2 Å². The molecular formula is C17H16ClNO5. The van der Waals surface area contributed by atoms with Crippen LogP contribution in [0.25, 0.3) is 0 Å². The first-order valence-electron chi connectivity index (χ1n) is 7.16. The van der Waals surface area contributed by atoms with Crippen LogP contribution >= 0.6 is 11.6 Å². The largest absolute Gasteiger partial charge is 0.493 e. The highest BCUT2D eigenvalue weighted by atomic mass is 35.5. The molecule has 24 heavy (non-hydrogen) atoms. The predicted molar refractivity (Wildman–Crippen MR) is 89.5 cm³/mol. The number of hydrogen-bond donors (Lipinski definition) is 0. The summed E-state index contributed by atoms with van der Waals surface area (Å²) in [6.45, 7) is 0.562. The first kappa shape index (κ1) is 16.3. The van der Waals surface area contributed by atoms with Gasteiger partial charge in [0.05, 0.1) is 25.5 Å². The van der Waals surface area contributed by atoms with Gasteiger partial charge in [0, 0.05) is 5.56 Å². The molecule has 1 aliphatic heterocycles. The molecular weight excluding hydrogens is 334 g/mol. The number of ether oxygens (including phenoxy) is 4. The molecule has 0 radical (unpaired) electrons. The zero-order valence-electron chi connectivity index (χ0n) is 13.2. The van der Waals surface area contributed by atoms with Gasteiger partial charge in [-0.2, -0.15) is 0 Å². The van der Waals surface area contributed by atoms with E-state index in [0.29, 0.717) is 28.9 Å². The average Bonchev–Trinajstić information content (AvgIpc) is 3.06. The van der Waals surface area contributed by atoms with Gasteiger partial charge in [-0.1, -0.05) is 22.8 Å². The van der Waals surface area contributed by atoms with E-state index in [1.165, 1.54) is 7.11 Å². The minimum atomic E-state index is 0.248. The van der Waals surface area contributed by atoms with Crippen molar-refractivity contribution in [2.45, 2.75) is 6.61 Å². The van der Waals surface area contributed by atoms with Gasteiger partial charge in [0.15, 0.2) is 23.0 Å². The molecule has 0 N–H and O–H groups in total. The molecule has 0 fully saturated rings. The van der Waals surface area contributed by atoms with Crippen molar-refractivity contribution in [1.29, 1.82) is 0 Å². The lowest BCUT2D eigenvalue weighted by atomic mass is 10.2. The third kappa shape index (κ3) is 3.49. The third-order valence-electron chi connectivity index (χ3n) is 3.40. The number of hydrogen-bond acceptors (Lipinski definition) is 6. The average molecular weight is 350 g/mol. The number of rotatable bonds is 6. The fraction of sp³-hybridized carbons (Fsp3) is 0.235. The molecule has 0 atom stereocenters. The lowest BCUT2D eigenvalue weighted by Crippen LogP contribution is -1.94.